The first-order chi connectivity index (χ1) is 7.31. The van der Waals surface area contributed by atoms with Crippen LogP contribution in [0.5, 0.6) is 0 Å². The SMILES string of the molecule is C#C[C@H]1[C@@H]2COC[C@@H](C2)N1C(=O)C1CC1. The average Bonchev–Trinajstić information content (AvgIpc) is 3.05. The van der Waals surface area contributed by atoms with Crippen molar-refractivity contribution < 1.29 is 9.53 Å². The molecule has 3 heteroatoms. The van der Waals surface area contributed by atoms with Crippen LogP contribution in [0.25, 0.3) is 0 Å². The highest BCUT2D eigenvalue weighted by Crippen LogP contribution is 2.39. The summed E-state index contributed by atoms with van der Waals surface area (Å²) in [5.74, 6) is 3.68. The van der Waals surface area contributed by atoms with E-state index in [1.165, 1.54) is 0 Å². The molecule has 2 heterocycles. The van der Waals surface area contributed by atoms with Crippen molar-refractivity contribution in [2.24, 2.45) is 11.8 Å². The number of nitrogens with zero attached hydrogens (tertiary/aromatic N) is 1. The number of amides is 1. The molecule has 1 saturated carbocycles. The van der Waals surface area contributed by atoms with Crippen LogP contribution in [0, 0.1) is 24.2 Å². The van der Waals surface area contributed by atoms with E-state index in [9.17, 15) is 4.79 Å². The second-order valence-electron chi connectivity index (χ2n) is 4.82. The van der Waals surface area contributed by atoms with Crippen LogP contribution in [0.2, 0.25) is 0 Å². The second kappa shape index (κ2) is 3.24. The highest BCUT2D eigenvalue weighted by Gasteiger charge is 2.48. The molecule has 0 unspecified atom stereocenters. The van der Waals surface area contributed by atoms with Gasteiger partial charge in [0.05, 0.1) is 25.3 Å². The molecule has 1 aliphatic carbocycles. The Hall–Kier alpha value is -1.01. The fourth-order valence-corrected chi connectivity index (χ4v) is 2.78. The van der Waals surface area contributed by atoms with Gasteiger partial charge in [0.15, 0.2) is 0 Å². The molecule has 3 fully saturated rings. The number of hydrogen-bond acceptors (Lipinski definition) is 2. The summed E-state index contributed by atoms with van der Waals surface area (Å²) in [4.78, 5) is 14.0. The van der Waals surface area contributed by atoms with Gasteiger partial charge in [-0.3, -0.25) is 4.79 Å². The van der Waals surface area contributed by atoms with E-state index in [-0.39, 0.29) is 23.9 Å². The molecule has 3 nitrogen and oxygen atoms in total. The summed E-state index contributed by atoms with van der Waals surface area (Å²) in [6.45, 7) is 1.40. The van der Waals surface area contributed by atoms with Gasteiger partial charge >= 0.3 is 0 Å². The monoisotopic (exact) mass is 205 g/mol. The van der Waals surface area contributed by atoms with Crippen LogP contribution in [0.4, 0.5) is 0 Å². The molecule has 3 rings (SSSR count). The highest BCUT2D eigenvalue weighted by atomic mass is 16.5. The fourth-order valence-electron chi connectivity index (χ4n) is 2.78. The van der Waals surface area contributed by atoms with Crippen LogP contribution in [-0.2, 0) is 9.53 Å². The lowest BCUT2D eigenvalue weighted by atomic mass is 9.99. The third-order valence-corrected chi connectivity index (χ3v) is 3.71. The number of likely N-dealkylation sites (tertiary alicyclic amines) is 1. The highest BCUT2D eigenvalue weighted by molar-refractivity contribution is 5.82. The first-order valence-corrected chi connectivity index (χ1v) is 5.67. The van der Waals surface area contributed by atoms with E-state index in [1.807, 2.05) is 4.90 Å². The zero-order chi connectivity index (χ0) is 10.4. The van der Waals surface area contributed by atoms with Crippen molar-refractivity contribution in [2.45, 2.75) is 31.3 Å². The predicted molar refractivity (Wildman–Crippen MR) is 54.9 cm³/mol. The van der Waals surface area contributed by atoms with Gasteiger partial charge in [0.25, 0.3) is 0 Å². The summed E-state index contributed by atoms with van der Waals surface area (Å²) in [5, 5.41) is 0. The van der Waals surface area contributed by atoms with Crippen molar-refractivity contribution in [2.75, 3.05) is 13.2 Å². The molecular formula is C12H15NO2. The second-order valence-corrected chi connectivity index (χ2v) is 4.82. The van der Waals surface area contributed by atoms with E-state index in [0.717, 1.165) is 25.9 Å². The quantitative estimate of drug-likeness (QED) is 0.588. The van der Waals surface area contributed by atoms with Crippen molar-refractivity contribution in [3.63, 3.8) is 0 Å². The van der Waals surface area contributed by atoms with E-state index in [2.05, 4.69) is 5.92 Å². The molecule has 0 aromatic carbocycles. The molecule has 0 radical (unpaired) electrons. The van der Waals surface area contributed by atoms with E-state index < -0.39 is 0 Å². The molecule has 0 spiro atoms. The first kappa shape index (κ1) is 9.23. The lowest BCUT2D eigenvalue weighted by Crippen LogP contribution is -2.43. The summed E-state index contributed by atoms with van der Waals surface area (Å²) >= 11 is 0. The summed E-state index contributed by atoms with van der Waals surface area (Å²) < 4.78 is 5.48. The van der Waals surface area contributed by atoms with Gasteiger partial charge in [-0.15, -0.1) is 6.42 Å². The Balaban J connectivity index is 1.85. The Bertz CT molecular complexity index is 329. The first-order valence-electron chi connectivity index (χ1n) is 5.67. The minimum atomic E-state index is -0.00870. The Kier molecular flexibility index (Phi) is 2.00. The minimum Gasteiger partial charge on any atom is -0.379 e. The molecule has 2 aliphatic heterocycles. The van der Waals surface area contributed by atoms with Gasteiger partial charge < -0.3 is 9.64 Å². The van der Waals surface area contributed by atoms with Crippen molar-refractivity contribution in [3.05, 3.63) is 0 Å². The number of rotatable bonds is 1. The molecule has 0 aromatic rings. The number of fused-ring (bicyclic) bond motifs is 2. The molecule has 2 bridgehead atoms. The maximum atomic E-state index is 12.1. The lowest BCUT2D eigenvalue weighted by Gasteiger charge is -2.26. The lowest BCUT2D eigenvalue weighted by molar-refractivity contribution is -0.135. The van der Waals surface area contributed by atoms with Crippen molar-refractivity contribution in [3.8, 4) is 12.3 Å². The molecule has 2 saturated heterocycles. The summed E-state index contributed by atoms with van der Waals surface area (Å²) in [7, 11) is 0. The van der Waals surface area contributed by atoms with Gasteiger partial charge in [0, 0.05) is 11.8 Å². The van der Waals surface area contributed by atoms with E-state index in [0.29, 0.717) is 12.5 Å². The number of terminal acetylenes is 1. The molecule has 80 valence electrons. The predicted octanol–water partition coefficient (Wildman–Crippen LogP) is 0.645. The largest absolute Gasteiger partial charge is 0.379 e. The fraction of sp³-hybridized carbons (Fsp3) is 0.750. The van der Waals surface area contributed by atoms with E-state index >= 15 is 0 Å². The molecule has 0 N–H and O–H groups in total. The number of ether oxygens (including phenoxy) is 1. The third kappa shape index (κ3) is 1.36. The maximum Gasteiger partial charge on any atom is 0.227 e. The molecular weight excluding hydrogens is 190 g/mol. The number of carbonyl (C=O) groups is 1. The van der Waals surface area contributed by atoms with Gasteiger partial charge in [-0.1, -0.05) is 5.92 Å². The van der Waals surface area contributed by atoms with Crippen molar-refractivity contribution in [1.82, 2.24) is 4.90 Å². The normalized spacial score (nSPS) is 38.9. The summed E-state index contributed by atoms with van der Waals surface area (Å²) in [6, 6.07) is 0.239. The van der Waals surface area contributed by atoms with E-state index in [1.54, 1.807) is 0 Å². The standard InChI is InChI=1S/C12H15NO2/c1-2-11-9-5-10(7-15-6-9)13(11)12(14)8-3-4-8/h1,8-11H,3-7H2/t9-,10+,11-/m0/s1. The summed E-state index contributed by atoms with van der Waals surface area (Å²) in [5.41, 5.74) is 0. The Morgan fingerprint density at radius 2 is 2.20 bits per heavy atom. The molecule has 3 atom stereocenters. The van der Waals surface area contributed by atoms with Gasteiger partial charge in [0.1, 0.15) is 0 Å². The Labute approximate surface area is 89.8 Å². The number of hydrogen-bond donors (Lipinski definition) is 0. The Morgan fingerprint density at radius 1 is 1.40 bits per heavy atom. The number of carbonyl (C=O) groups excluding carboxylic acids is 1. The maximum absolute atomic E-state index is 12.1. The zero-order valence-corrected chi connectivity index (χ0v) is 8.69. The van der Waals surface area contributed by atoms with Crippen LogP contribution in [0.3, 0.4) is 0 Å². The Morgan fingerprint density at radius 3 is 2.87 bits per heavy atom. The van der Waals surface area contributed by atoms with Crippen molar-refractivity contribution >= 4 is 5.91 Å². The summed E-state index contributed by atoms with van der Waals surface area (Å²) in [6.07, 6.45) is 8.67. The average molecular weight is 205 g/mol. The van der Waals surface area contributed by atoms with Gasteiger partial charge in [-0.05, 0) is 19.3 Å². The van der Waals surface area contributed by atoms with Gasteiger partial charge in [-0.2, -0.15) is 0 Å². The van der Waals surface area contributed by atoms with Gasteiger partial charge in [0.2, 0.25) is 5.91 Å². The topological polar surface area (TPSA) is 29.5 Å². The molecule has 1 amide bonds. The van der Waals surface area contributed by atoms with Crippen LogP contribution in [-0.4, -0.2) is 36.1 Å². The van der Waals surface area contributed by atoms with E-state index in [4.69, 9.17) is 11.2 Å². The zero-order valence-electron chi connectivity index (χ0n) is 8.69. The molecule has 3 aliphatic rings. The van der Waals surface area contributed by atoms with Crippen LogP contribution >= 0.6 is 0 Å². The molecule has 0 aromatic heterocycles. The molecule has 15 heavy (non-hydrogen) atoms. The minimum absolute atomic E-state index is 0.00870. The van der Waals surface area contributed by atoms with Crippen LogP contribution in [0.1, 0.15) is 19.3 Å². The third-order valence-electron chi connectivity index (χ3n) is 3.71. The smallest absolute Gasteiger partial charge is 0.227 e. The van der Waals surface area contributed by atoms with Crippen molar-refractivity contribution in [1.29, 1.82) is 0 Å². The van der Waals surface area contributed by atoms with Crippen LogP contribution < -0.4 is 0 Å². The van der Waals surface area contributed by atoms with Crippen LogP contribution in [0.15, 0.2) is 0 Å². The van der Waals surface area contributed by atoms with Gasteiger partial charge in [-0.25, -0.2) is 0 Å².